The molecule has 0 aliphatic carbocycles. The van der Waals surface area contributed by atoms with Gasteiger partial charge in [0, 0.05) is 25.8 Å². The van der Waals surface area contributed by atoms with Gasteiger partial charge >= 0.3 is 0 Å². The summed E-state index contributed by atoms with van der Waals surface area (Å²) in [5.41, 5.74) is 8.00. The van der Waals surface area contributed by atoms with E-state index in [9.17, 15) is 4.79 Å². The Hall–Kier alpha value is -2.81. The average Bonchev–Trinajstić information content (AvgIpc) is 2.91. The molecule has 0 aliphatic heterocycles. The molecule has 0 fully saturated rings. The largest absolute Gasteiger partial charge is 0.336 e. The van der Waals surface area contributed by atoms with E-state index in [1.807, 2.05) is 30.1 Å². The highest BCUT2D eigenvalue weighted by Crippen LogP contribution is 2.26. The van der Waals surface area contributed by atoms with Crippen LogP contribution in [0.15, 0.2) is 54.6 Å². The first kappa shape index (κ1) is 19.9. The first-order chi connectivity index (χ1) is 13.4. The van der Waals surface area contributed by atoms with Crippen LogP contribution in [0.3, 0.4) is 0 Å². The molecular formula is C25H30N2O. The van der Waals surface area contributed by atoms with Crippen LogP contribution in [0.1, 0.15) is 50.9 Å². The van der Waals surface area contributed by atoms with Gasteiger partial charge in [-0.1, -0.05) is 67.1 Å². The molecule has 2 aromatic carbocycles. The summed E-state index contributed by atoms with van der Waals surface area (Å²) in [4.78, 5) is 15.3. The number of hydrogen-bond acceptors (Lipinski definition) is 1. The molecule has 0 N–H and O–H groups in total. The predicted molar refractivity (Wildman–Crippen MR) is 116 cm³/mol. The standard InChI is InChI=1S/C25H30N2O/c1-6-23-19(3)24(25(28)26(5)16-21-12-8-7-9-13-21)27(20(23)4)17-22-14-10-11-18(2)15-22/h7-15H,6,16-17H2,1-5H3. The normalized spacial score (nSPS) is 10.9. The summed E-state index contributed by atoms with van der Waals surface area (Å²) in [5, 5.41) is 0. The highest BCUT2D eigenvalue weighted by molar-refractivity contribution is 5.94. The molecule has 3 heteroatoms. The van der Waals surface area contributed by atoms with Gasteiger partial charge in [0.25, 0.3) is 5.91 Å². The van der Waals surface area contributed by atoms with Crippen molar-refractivity contribution in [2.24, 2.45) is 0 Å². The quantitative estimate of drug-likeness (QED) is 0.575. The molecule has 0 spiro atoms. The van der Waals surface area contributed by atoms with Crippen molar-refractivity contribution >= 4 is 5.91 Å². The predicted octanol–water partition coefficient (Wildman–Crippen LogP) is 5.30. The fourth-order valence-electron chi connectivity index (χ4n) is 4.04. The summed E-state index contributed by atoms with van der Waals surface area (Å²) < 4.78 is 2.20. The molecule has 3 aromatic rings. The number of nitrogens with zero attached hydrogens (tertiary/aromatic N) is 2. The molecule has 0 aliphatic rings. The minimum absolute atomic E-state index is 0.0804. The first-order valence-electron chi connectivity index (χ1n) is 9.95. The number of rotatable bonds is 6. The molecule has 3 nitrogen and oxygen atoms in total. The van der Waals surface area contributed by atoms with E-state index in [0.717, 1.165) is 23.2 Å². The van der Waals surface area contributed by atoms with Crippen LogP contribution in [0.4, 0.5) is 0 Å². The zero-order valence-corrected chi connectivity index (χ0v) is 17.6. The SMILES string of the molecule is CCc1c(C)c(C(=O)N(C)Cc2ccccc2)n(Cc2cccc(C)c2)c1C. The summed E-state index contributed by atoms with van der Waals surface area (Å²) in [6.45, 7) is 9.81. The Morgan fingerprint density at radius 2 is 1.64 bits per heavy atom. The van der Waals surface area contributed by atoms with E-state index in [1.54, 1.807) is 0 Å². The Morgan fingerprint density at radius 3 is 2.29 bits per heavy atom. The molecule has 1 heterocycles. The van der Waals surface area contributed by atoms with Gasteiger partial charge in [0.05, 0.1) is 0 Å². The van der Waals surface area contributed by atoms with Gasteiger partial charge in [0.2, 0.25) is 0 Å². The van der Waals surface area contributed by atoms with E-state index in [2.05, 4.69) is 68.7 Å². The van der Waals surface area contributed by atoms with Crippen LogP contribution >= 0.6 is 0 Å². The maximum Gasteiger partial charge on any atom is 0.270 e. The fourth-order valence-corrected chi connectivity index (χ4v) is 4.04. The molecule has 28 heavy (non-hydrogen) atoms. The van der Waals surface area contributed by atoms with Crippen LogP contribution in [0.2, 0.25) is 0 Å². The van der Waals surface area contributed by atoms with Gasteiger partial charge in [-0.25, -0.2) is 0 Å². The summed E-state index contributed by atoms with van der Waals surface area (Å²) in [6.07, 6.45) is 0.932. The van der Waals surface area contributed by atoms with Crippen molar-refractivity contribution in [1.82, 2.24) is 9.47 Å². The minimum atomic E-state index is 0.0804. The van der Waals surface area contributed by atoms with Gasteiger partial charge in [0.1, 0.15) is 5.69 Å². The highest BCUT2D eigenvalue weighted by atomic mass is 16.2. The van der Waals surface area contributed by atoms with Gasteiger partial charge in [-0.05, 0) is 49.4 Å². The molecule has 0 atom stereocenters. The Balaban J connectivity index is 1.97. The Labute approximate surface area is 168 Å². The zero-order valence-electron chi connectivity index (χ0n) is 17.6. The van der Waals surface area contributed by atoms with Crippen molar-refractivity contribution in [1.29, 1.82) is 0 Å². The molecule has 0 bridgehead atoms. The number of amides is 1. The van der Waals surface area contributed by atoms with E-state index < -0.39 is 0 Å². The Morgan fingerprint density at radius 1 is 0.964 bits per heavy atom. The molecule has 0 unspecified atom stereocenters. The summed E-state index contributed by atoms with van der Waals surface area (Å²) in [5.74, 6) is 0.0804. The molecule has 3 rings (SSSR count). The zero-order chi connectivity index (χ0) is 20.3. The summed E-state index contributed by atoms with van der Waals surface area (Å²) in [6, 6.07) is 18.7. The molecule has 1 aromatic heterocycles. The number of hydrogen-bond donors (Lipinski definition) is 0. The number of benzene rings is 2. The third-order valence-electron chi connectivity index (χ3n) is 5.51. The lowest BCUT2D eigenvalue weighted by Gasteiger charge is -2.20. The maximum atomic E-state index is 13.4. The number of carbonyl (C=O) groups is 1. The second-order valence-corrected chi connectivity index (χ2v) is 7.61. The molecule has 0 saturated heterocycles. The Kier molecular flexibility index (Phi) is 6.03. The van der Waals surface area contributed by atoms with Crippen molar-refractivity contribution in [3.05, 3.63) is 93.8 Å². The maximum absolute atomic E-state index is 13.4. The van der Waals surface area contributed by atoms with E-state index in [0.29, 0.717) is 13.1 Å². The Bertz CT molecular complexity index is 970. The van der Waals surface area contributed by atoms with Crippen molar-refractivity contribution in [3.63, 3.8) is 0 Å². The van der Waals surface area contributed by atoms with Gasteiger partial charge in [-0.2, -0.15) is 0 Å². The minimum Gasteiger partial charge on any atom is -0.336 e. The molecule has 0 saturated carbocycles. The van der Waals surface area contributed by atoms with E-state index in [-0.39, 0.29) is 5.91 Å². The smallest absolute Gasteiger partial charge is 0.270 e. The topological polar surface area (TPSA) is 25.2 Å². The van der Waals surface area contributed by atoms with E-state index in [4.69, 9.17) is 0 Å². The fraction of sp³-hybridized carbons (Fsp3) is 0.320. The van der Waals surface area contributed by atoms with Gasteiger partial charge in [-0.15, -0.1) is 0 Å². The van der Waals surface area contributed by atoms with Crippen molar-refractivity contribution < 1.29 is 4.79 Å². The van der Waals surface area contributed by atoms with Gasteiger partial charge in [-0.3, -0.25) is 4.79 Å². The van der Waals surface area contributed by atoms with Crippen LogP contribution in [0, 0.1) is 20.8 Å². The van der Waals surface area contributed by atoms with Gasteiger partial charge in [0.15, 0.2) is 0 Å². The van der Waals surface area contributed by atoms with Crippen LogP contribution in [-0.4, -0.2) is 22.4 Å². The second-order valence-electron chi connectivity index (χ2n) is 7.61. The van der Waals surface area contributed by atoms with Crippen LogP contribution < -0.4 is 0 Å². The van der Waals surface area contributed by atoms with E-state index >= 15 is 0 Å². The number of carbonyl (C=O) groups excluding carboxylic acids is 1. The molecule has 146 valence electrons. The van der Waals surface area contributed by atoms with Crippen molar-refractivity contribution in [3.8, 4) is 0 Å². The number of aromatic nitrogens is 1. The molecule has 0 radical (unpaired) electrons. The monoisotopic (exact) mass is 374 g/mol. The second kappa shape index (κ2) is 8.47. The van der Waals surface area contributed by atoms with Crippen LogP contribution in [0.25, 0.3) is 0 Å². The van der Waals surface area contributed by atoms with Crippen molar-refractivity contribution in [2.75, 3.05) is 7.05 Å². The van der Waals surface area contributed by atoms with Crippen LogP contribution in [-0.2, 0) is 19.5 Å². The molecule has 1 amide bonds. The summed E-state index contributed by atoms with van der Waals surface area (Å²) >= 11 is 0. The van der Waals surface area contributed by atoms with Gasteiger partial charge < -0.3 is 9.47 Å². The highest BCUT2D eigenvalue weighted by Gasteiger charge is 2.24. The lowest BCUT2D eigenvalue weighted by molar-refractivity contribution is 0.0773. The summed E-state index contributed by atoms with van der Waals surface area (Å²) in [7, 11) is 1.89. The lowest BCUT2D eigenvalue weighted by Crippen LogP contribution is -2.29. The average molecular weight is 375 g/mol. The number of aryl methyl sites for hydroxylation is 1. The third-order valence-corrected chi connectivity index (χ3v) is 5.51. The first-order valence-corrected chi connectivity index (χ1v) is 9.95. The van der Waals surface area contributed by atoms with Crippen molar-refractivity contribution in [2.45, 2.75) is 47.2 Å². The van der Waals surface area contributed by atoms with E-state index in [1.165, 1.54) is 22.4 Å². The van der Waals surface area contributed by atoms with Crippen LogP contribution in [0.5, 0.6) is 0 Å². The third kappa shape index (κ3) is 4.04. The lowest BCUT2D eigenvalue weighted by atomic mass is 10.1. The molecular weight excluding hydrogens is 344 g/mol.